The molecule has 0 saturated carbocycles. The Labute approximate surface area is 166 Å². The fourth-order valence-corrected chi connectivity index (χ4v) is 3.33. The fraction of sp³-hybridized carbons (Fsp3) is 0.211. The summed E-state index contributed by atoms with van der Waals surface area (Å²) in [6, 6.07) is 13.3. The smallest absolute Gasteiger partial charge is 0.230 e. The van der Waals surface area contributed by atoms with Crippen molar-refractivity contribution in [3.05, 3.63) is 64.9 Å². The van der Waals surface area contributed by atoms with Crippen LogP contribution in [0.5, 0.6) is 5.75 Å². The molecular formula is C19H19ClN4O2S. The van der Waals surface area contributed by atoms with Crippen LogP contribution in [0.2, 0.25) is 5.02 Å². The second kappa shape index (κ2) is 8.92. The summed E-state index contributed by atoms with van der Waals surface area (Å²) in [6.07, 6.45) is 1.61. The van der Waals surface area contributed by atoms with Crippen molar-refractivity contribution >= 4 is 29.3 Å². The standard InChI is InChI=1S/C19H19ClN4O2S/c1-13-6-7-15(9-17(13)20)24-12-22-23-19(24)27-11-18(25)21-10-14-4-3-5-16(8-14)26-2/h3-9,12H,10-11H2,1-2H3,(H,21,25). The Hall–Kier alpha value is -2.51. The van der Waals surface area contributed by atoms with Gasteiger partial charge in [-0.05, 0) is 42.3 Å². The van der Waals surface area contributed by atoms with Crippen molar-refractivity contribution in [2.24, 2.45) is 0 Å². The number of nitrogens with one attached hydrogen (secondary N) is 1. The van der Waals surface area contributed by atoms with Gasteiger partial charge >= 0.3 is 0 Å². The van der Waals surface area contributed by atoms with E-state index in [9.17, 15) is 4.79 Å². The zero-order valence-corrected chi connectivity index (χ0v) is 16.5. The lowest BCUT2D eigenvalue weighted by molar-refractivity contribution is -0.118. The summed E-state index contributed by atoms with van der Waals surface area (Å²) >= 11 is 7.52. The number of amides is 1. The Bertz CT molecular complexity index is 945. The first-order valence-corrected chi connectivity index (χ1v) is 9.62. The lowest BCUT2D eigenvalue weighted by atomic mass is 10.2. The van der Waals surface area contributed by atoms with E-state index in [0.29, 0.717) is 16.7 Å². The van der Waals surface area contributed by atoms with Gasteiger partial charge in [0.25, 0.3) is 0 Å². The third kappa shape index (κ3) is 5.02. The number of halogens is 1. The van der Waals surface area contributed by atoms with E-state index in [1.807, 2.05) is 54.0 Å². The summed E-state index contributed by atoms with van der Waals surface area (Å²) in [5, 5.41) is 12.2. The summed E-state index contributed by atoms with van der Waals surface area (Å²) in [6.45, 7) is 2.39. The van der Waals surface area contributed by atoms with Gasteiger partial charge in [-0.3, -0.25) is 9.36 Å². The molecule has 0 radical (unpaired) electrons. The number of methoxy groups -OCH3 is 1. The number of benzene rings is 2. The van der Waals surface area contributed by atoms with E-state index >= 15 is 0 Å². The van der Waals surface area contributed by atoms with E-state index in [-0.39, 0.29) is 11.7 Å². The Morgan fingerprint density at radius 3 is 2.93 bits per heavy atom. The molecule has 0 atom stereocenters. The molecule has 1 amide bonds. The van der Waals surface area contributed by atoms with Crippen molar-refractivity contribution in [2.45, 2.75) is 18.6 Å². The molecule has 0 bridgehead atoms. The van der Waals surface area contributed by atoms with Crippen LogP contribution >= 0.6 is 23.4 Å². The number of ether oxygens (including phenoxy) is 1. The van der Waals surface area contributed by atoms with E-state index in [4.69, 9.17) is 16.3 Å². The maximum atomic E-state index is 12.2. The molecule has 27 heavy (non-hydrogen) atoms. The van der Waals surface area contributed by atoms with Gasteiger partial charge in [0.05, 0.1) is 18.6 Å². The molecular weight excluding hydrogens is 384 g/mol. The molecule has 3 rings (SSSR count). The van der Waals surface area contributed by atoms with Crippen LogP contribution in [0, 0.1) is 6.92 Å². The lowest BCUT2D eigenvalue weighted by Gasteiger charge is -2.09. The SMILES string of the molecule is COc1cccc(CNC(=O)CSc2nncn2-c2ccc(C)c(Cl)c2)c1. The molecule has 3 aromatic rings. The molecule has 140 valence electrons. The van der Waals surface area contributed by atoms with Crippen LogP contribution in [-0.4, -0.2) is 33.5 Å². The monoisotopic (exact) mass is 402 g/mol. The topological polar surface area (TPSA) is 69.0 Å². The molecule has 6 nitrogen and oxygen atoms in total. The van der Waals surface area contributed by atoms with Crippen LogP contribution in [0.1, 0.15) is 11.1 Å². The number of carbonyl (C=O) groups excluding carboxylic acids is 1. The molecule has 0 saturated heterocycles. The highest BCUT2D eigenvalue weighted by Gasteiger charge is 2.11. The van der Waals surface area contributed by atoms with Crippen molar-refractivity contribution in [2.75, 3.05) is 12.9 Å². The van der Waals surface area contributed by atoms with E-state index in [0.717, 1.165) is 22.6 Å². The van der Waals surface area contributed by atoms with E-state index in [2.05, 4.69) is 15.5 Å². The van der Waals surface area contributed by atoms with Crippen molar-refractivity contribution in [3.63, 3.8) is 0 Å². The molecule has 0 unspecified atom stereocenters. The predicted octanol–water partition coefficient (Wildman–Crippen LogP) is 3.65. The van der Waals surface area contributed by atoms with Crippen LogP contribution < -0.4 is 10.1 Å². The molecule has 0 fully saturated rings. The molecule has 1 aromatic heterocycles. The first kappa shape index (κ1) is 19.3. The van der Waals surface area contributed by atoms with Gasteiger partial charge in [-0.15, -0.1) is 10.2 Å². The maximum Gasteiger partial charge on any atom is 0.230 e. The third-order valence-corrected chi connectivity index (χ3v) is 5.26. The Balaban J connectivity index is 1.58. The van der Waals surface area contributed by atoms with Crippen LogP contribution in [0.15, 0.2) is 53.9 Å². The average molecular weight is 403 g/mol. The van der Waals surface area contributed by atoms with Crippen molar-refractivity contribution in [1.82, 2.24) is 20.1 Å². The number of nitrogens with zero attached hydrogens (tertiary/aromatic N) is 3. The number of carbonyl (C=O) groups is 1. The fourth-order valence-electron chi connectivity index (χ4n) is 2.40. The Morgan fingerprint density at radius 1 is 1.30 bits per heavy atom. The molecule has 2 aromatic carbocycles. The van der Waals surface area contributed by atoms with E-state index < -0.39 is 0 Å². The van der Waals surface area contributed by atoms with Crippen molar-refractivity contribution < 1.29 is 9.53 Å². The minimum Gasteiger partial charge on any atom is -0.497 e. The normalized spacial score (nSPS) is 10.6. The minimum absolute atomic E-state index is 0.0840. The first-order chi connectivity index (χ1) is 13.1. The lowest BCUT2D eigenvalue weighted by Crippen LogP contribution is -2.24. The molecule has 0 aliphatic rings. The number of rotatable bonds is 7. The summed E-state index contributed by atoms with van der Waals surface area (Å²) < 4.78 is 7.00. The van der Waals surface area contributed by atoms with Gasteiger partial charge in [0.15, 0.2) is 5.16 Å². The van der Waals surface area contributed by atoms with Crippen LogP contribution in [0.3, 0.4) is 0 Å². The zero-order chi connectivity index (χ0) is 19.2. The van der Waals surface area contributed by atoms with Gasteiger partial charge < -0.3 is 10.1 Å². The average Bonchev–Trinajstić information content (AvgIpc) is 3.15. The largest absolute Gasteiger partial charge is 0.497 e. The highest BCUT2D eigenvalue weighted by Crippen LogP contribution is 2.23. The number of aryl methyl sites for hydroxylation is 1. The molecule has 0 spiro atoms. The molecule has 1 heterocycles. The highest BCUT2D eigenvalue weighted by atomic mass is 35.5. The zero-order valence-electron chi connectivity index (χ0n) is 15.0. The maximum absolute atomic E-state index is 12.2. The summed E-state index contributed by atoms with van der Waals surface area (Å²) in [5.41, 5.74) is 2.83. The van der Waals surface area contributed by atoms with Crippen molar-refractivity contribution in [1.29, 1.82) is 0 Å². The molecule has 1 N–H and O–H groups in total. The predicted molar refractivity (Wildman–Crippen MR) is 107 cm³/mol. The molecule has 8 heteroatoms. The number of aromatic nitrogens is 3. The second-order valence-corrected chi connectivity index (χ2v) is 7.18. The number of thioether (sulfide) groups is 1. The third-order valence-electron chi connectivity index (χ3n) is 3.91. The number of hydrogen-bond donors (Lipinski definition) is 1. The minimum atomic E-state index is -0.0840. The van der Waals surface area contributed by atoms with E-state index in [1.165, 1.54) is 11.8 Å². The van der Waals surface area contributed by atoms with Gasteiger partial charge in [0.1, 0.15) is 12.1 Å². The van der Waals surface area contributed by atoms with Crippen LogP contribution in [0.4, 0.5) is 0 Å². The highest BCUT2D eigenvalue weighted by molar-refractivity contribution is 7.99. The quantitative estimate of drug-likeness (QED) is 0.611. The Kier molecular flexibility index (Phi) is 6.36. The van der Waals surface area contributed by atoms with Crippen LogP contribution in [0.25, 0.3) is 5.69 Å². The van der Waals surface area contributed by atoms with Gasteiger partial charge in [0.2, 0.25) is 5.91 Å². The van der Waals surface area contributed by atoms with Gasteiger partial charge in [0, 0.05) is 11.6 Å². The second-order valence-electron chi connectivity index (χ2n) is 5.83. The van der Waals surface area contributed by atoms with Gasteiger partial charge in [-0.2, -0.15) is 0 Å². The summed E-state index contributed by atoms with van der Waals surface area (Å²) in [5.74, 6) is 0.919. The van der Waals surface area contributed by atoms with Gasteiger partial charge in [-0.25, -0.2) is 0 Å². The summed E-state index contributed by atoms with van der Waals surface area (Å²) in [4.78, 5) is 12.2. The summed E-state index contributed by atoms with van der Waals surface area (Å²) in [7, 11) is 1.62. The van der Waals surface area contributed by atoms with Gasteiger partial charge in [-0.1, -0.05) is 41.6 Å². The molecule has 0 aliphatic heterocycles. The van der Waals surface area contributed by atoms with Crippen molar-refractivity contribution in [3.8, 4) is 11.4 Å². The molecule has 0 aliphatic carbocycles. The van der Waals surface area contributed by atoms with Crippen LogP contribution in [-0.2, 0) is 11.3 Å². The van der Waals surface area contributed by atoms with E-state index in [1.54, 1.807) is 13.4 Å². The Morgan fingerprint density at radius 2 is 2.15 bits per heavy atom. The first-order valence-electron chi connectivity index (χ1n) is 8.26. The number of hydrogen-bond acceptors (Lipinski definition) is 5.